The molecule has 0 radical (unpaired) electrons. The molecule has 0 heterocycles. The highest BCUT2D eigenvalue weighted by Crippen LogP contribution is 2.05. The van der Waals surface area contributed by atoms with Crippen LogP contribution in [0, 0.1) is 0 Å². The van der Waals surface area contributed by atoms with Crippen LogP contribution >= 0.6 is 0 Å². The lowest BCUT2D eigenvalue weighted by Crippen LogP contribution is -2.23. The summed E-state index contributed by atoms with van der Waals surface area (Å²) in [4.78, 5) is 11.5. The first-order valence-electron chi connectivity index (χ1n) is 4.31. The molecule has 80 valence electrons. The number of amides is 1. The molecule has 1 amide bonds. The summed E-state index contributed by atoms with van der Waals surface area (Å²) in [6.45, 7) is 5.10. The minimum absolute atomic E-state index is 0.266. The molecule has 0 aromatic rings. The van der Waals surface area contributed by atoms with Crippen molar-refractivity contribution in [2.24, 2.45) is 0 Å². The summed E-state index contributed by atoms with van der Waals surface area (Å²) in [5, 5.41) is 2.60. The van der Waals surface area contributed by atoms with E-state index in [1.807, 2.05) is 0 Å². The van der Waals surface area contributed by atoms with E-state index in [0.29, 0.717) is 22.6 Å². The molecule has 1 aliphatic rings. The second-order valence-electron chi connectivity index (χ2n) is 3.13. The minimum Gasteiger partial charge on any atom is -0.323 e. The highest BCUT2D eigenvalue weighted by Gasteiger charge is 2.07. The third-order valence-corrected chi connectivity index (χ3v) is 2.56. The van der Waals surface area contributed by atoms with E-state index in [-0.39, 0.29) is 5.91 Å². The molecule has 0 bridgehead atoms. The van der Waals surface area contributed by atoms with Crippen LogP contribution in [0.3, 0.4) is 0 Å². The third kappa shape index (κ3) is 3.21. The Kier molecular flexibility index (Phi) is 3.62. The molecule has 0 aliphatic heterocycles. The number of hydrogen-bond donors (Lipinski definition) is 1. The molecule has 0 saturated carbocycles. The molecule has 1 rings (SSSR count). The minimum atomic E-state index is -2.18. The summed E-state index contributed by atoms with van der Waals surface area (Å²) in [5.41, 5.74) is 1.00. The summed E-state index contributed by atoms with van der Waals surface area (Å²) >= 11 is 0. The predicted octanol–water partition coefficient (Wildman–Crippen LogP) is 0.574. The average molecular weight is 225 g/mol. The first-order chi connectivity index (χ1) is 7.00. The normalized spacial score (nSPS) is 14.5. The Hall–Kier alpha value is -1.62. The molecule has 0 aromatic heterocycles. The van der Waals surface area contributed by atoms with Crippen molar-refractivity contribution in [3.8, 4) is 0 Å². The van der Waals surface area contributed by atoms with Crippen LogP contribution in [-0.2, 0) is 15.1 Å². The van der Waals surface area contributed by atoms with E-state index in [9.17, 15) is 13.2 Å². The van der Waals surface area contributed by atoms with E-state index >= 15 is 0 Å². The zero-order valence-electron chi connectivity index (χ0n) is 8.28. The topological polar surface area (TPSA) is 63.2 Å². The van der Waals surface area contributed by atoms with Gasteiger partial charge >= 0.3 is 0 Å². The number of rotatable bonds is 2. The van der Waals surface area contributed by atoms with E-state index in [4.69, 9.17) is 0 Å². The van der Waals surface area contributed by atoms with Crippen LogP contribution < -0.4 is 5.32 Å². The van der Waals surface area contributed by atoms with Crippen LogP contribution in [0.5, 0.6) is 0 Å². The molecule has 0 fully saturated rings. The van der Waals surface area contributed by atoms with Crippen molar-refractivity contribution < 1.29 is 13.2 Å². The molecule has 0 aromatic carbocycles. The van der Waals surface area contributed by atoms with E-state index in [2.05, 4.69) is 11.9 Å². The maximum atomic E-state index is 11.2. The second kappa shape index (κ2) is 4.75. The van der Waals surface area contributed by atoms with Crippen molar-refractivity contribution in [3.63, 3.8) is 0 Å². The maximum absolute atomic E-state index is 11.2. The van der Waals surface area contributed by atoms with Gasteiger partial charge < -0.3 is 5.32 Å². The molecule has 0 spiro atoms. The Labute approximate surface area is 89.5 Å². The summed E-state index contributed by atoms with van der Waals surface area (Å²) in [6, 6.07) is 0. The van der Waals surface area contributed by atoms with Crippen LogP contribution in [0.2, 0.25) is 0 Å². The number of allylic oxidation sites excluding steroid dienone is 3. The molecular weight excluding hydrogens is 214 g/mol. The van der Waals surface area contributed by atoms with Crippen LogP contribution in [0.25, 0.3) is 0 Å². The van der Waals surface area contributed by atoms with E-state index in [0.717, 1.165) is 0 Å². The van der Waals surface area contributed by atoms with Crippen LogP contribution in [-0.4, -0.2) is 19.2 Å². The van der Waals surface area contributed by atoms with Gasteiger partial charge in [-0.05, 0) is 19.1 Å². The summed E-state index contributed by atoms with van der Waals surface area (Å²) in [6.07, 6.45) is 4.97. The molecule has 0 atom stereocenters. The number of nitrogens with one attached hydrogen (secondary N) is 1. The van der Waals surface area contributed by atoms with Gasteiger partial charge in [-0.15, -0.1) is 0 Å². The quantitative estimate of drug-likeness (QED) is 0.552. The first kappa shape index (κ1) is 11.5. The van der Waals surface area contributed by atoms with Crippen molar-refractivity contribution in [2.75, 3.05) is 0 Å². The van der Waals surface area contributed by atoms with Crippen LogP contribution in [0.4, 0.5) is 0 Å². The molecule has 5 heteroatoms. The Morgan fingerprint density at radius 1 is 1.47 bits per heavy atom. The van der Waals surface area contributed by atoms with E-state index < -0.39 is 10.3 Å². The van der Waals surface area contributed by atoms with E-state index in [1.165, 1.54) is 6.08 Å². The zero-order chi connectivity index (χ0) is 11.4. The second-order valence-corrected chi connectivity index (χ2v) is 4.13. The smallest absolute Gasteiger partial charge is 0.250 e. The average Bonchev–Trinajstić information content (AvgIpc) is 2.18. The first-order valence-corrected chi connectivity index (χ1v) is 5.38. The van der Waals surface area contributed by atoms with Crippen molar-refractivity contribution in [1.29, 1.82) is 0 Å². The van der Waals surface area contributed by atoms with Crippen LogP contribution in [0.15, 0.2) is 36.1 Å². The molecule has 1 N–H and O–H groups in total. The fourth-order valence-electron chi connectivity index (χ4n) is 0.983. The Morgan fingerprint density at radius 3 is 2.53 bits per heavy atom. The highest BCUT2D eigenvalue weighted by molar-refractivity contribution is 7.73. The monoisotopic (exact) mass is 225 g/mol. The lowest BCUT2D eigenvalue weighted by Gasteiger charge is -2.08. The van der Waals surface area contributed by atoms with Crippen molar-refractivity contribution >= 4 is 21.1 Å². The van der Waals surface area contributed by atoms with Crippen molar-refractivity contribution in [2.45, 2.75) is 13.3 Å². The third-order valence-electron chi connectivity index (χ3n) is 1.83. The van der Waals surface area contributed by atoms with Crippen LogP contribution in [0.1, 0.15) is 13.3 Å². The van der Waals surface area contributed by atoms with Gasteiger partial charge in [-0.2, -0.15) is 8.42 Å². The molecule has 1 aliphatic carbocycles. The zero-order valence-corrected chi connectivity index (χ0v) is 9.10. The van der Waals surface area contributed by atoms with Gasteiger partial charge in [0.2, 0.25) is 10.3 Å². The molecule has 15 heavy (non-hydrogen) atoms. The lowest BCUT2D eigenvalue weighted by atomic mass is 10.1. The number of carbonyl (C=O) groups excluding carboxylic acids is 1. The number of carbonyl (C=O) groups is 1. The molecule has 4 nitrogen and oxygen atoms in total. The fourth-order valence-corrected chi connectivity index (χ4v) is 1.38. The molecule has 0 unspecified atom stereocenters. The fraction of sp³-hybridized carbons (Fsp3) is 0.200. The van der Waals surface area contributed by atoms with Gasteiger partial charge in [0.15, 0.2) is 0 Å². The van der Waals surface area contributed by atoms with Gasteiger partial charge in [-0.25, -0.2) is 0 Å². The van der Waals surface area contributed by atoms with E-state index in [1.54, 1.807) is 19.1 Å². The largest absolute Gasteiger partial charge is 0.323 e. The Balaban J connectivity index is 2.73. The summed E-state index contributed by atoms with van der Waals surface area (Å²) < 4.78 is 21.1. The van der Waals surface area contributed by atoms with Gasteiger partial charge in [0.05, 0.1) is 4.86 Å². The summed E-state index contributed by atoms with van der Waals surface area (Å²) in [7, 11) is -2.18. The number of hydrogen-bond acceptors (Lipinski definition) is 3. The highest BCUT2D eigenvalue weighted by atomic mass is 32.2. The van der Waals surface area contributed by atoms with Crippen molar-refractivity contribution in [3.05, 3.63) is 36.1 Å². The maximum Gasteiger partial charge on any atom is 0.250 e. The molecule has 0 saturated heterocycles. The van der Waals surface area contributed by atoms with Gasteiger partial charge in [-0.1, -0.05) is 12.7 Å². The van der Waals surface area contributed by atoms with Gasteiger partial charge in [0.1, 0.15) is 0 Å². The Bertz CT molecular complexity index is 487. The SMILES string of the molecule is C=C(C)C(=O)NC1=CCC(=S(=O)=O)C=C1. The standard InChI is InChI=1S/C10H11NO3S/c1-7(2)10(12)11-8-3-5-9(6-4-8)15(13)14/h3-5H,1,6H2,2H3,(H,11,12). The van der Waals surface area contributed by atoms with Gasteiger partial charge in [-0.3, -0.25) is 4.79 Å². The summed E-state index contributed by atoms with van der Waals surface area (Å²) in [5.74, 6) is -0.266. The van der Waals surface area contributed by atoms with Crippen molar-refractivity contribution in [1.82, 2.24) is 5.32 Å². The lowest BCUT2D eigenvalue weighted by molar-refractivity contribution is -0.116. The molecular formula is C10H11NO3S. The van der Waals surface area contributed by atoms with Gasteiger partial charge in [0, 0.05) is 17.7 Å². The predicted molar refractivity (Wildman–Crippen MR) is 58.7 cm³/mol. The van der Waals surface area contributed by atoms with Gasteiger partial charge in [0.25, 0.3) is 5.91 Å². The Morgan fingerprint density at radius 2 is 2.13 bits per heavy atom.